The van der Waals surface area contributed by atoms with Gasteiger partial charge in [0.2, 0.25) is 0 Å². The van der Waals surface area contributed by atoms with Crippen LogP contribution in [0.4, 0.5) is 0 Å². The van der Waals surface area contributed by atoms with Gasteiger partial charge in [-0.25, -0.2) is 4.79 Å². The number of hydrogen-bond donors (Lipinski definition) is 1. The third kappa shape index (κ3) is 2.98. The highest BCUT2D eigenvalue weighted by Gasteiger charge is 2.43. The van der Waals surface area contributed by atoms with Crippen LogP contribution in [-0.4, -0.2) is 18.1 Å². The molecule has 19 heavy (non-hydrogen) atoms. The summed E-state index contributed by atoms with van der Waals surface area (Å²) >= 11 is 0. The first-order chi connectivity index (χ1) is 9.33. The Labute approximate surface area is 114 Å². The standard InChI is InChI=1S/C16H21NO2/c18-16(19-11-12-6-2-1-3-7-12)15-10-13-8-4-5-9-14(13)17-15/h1-3,6-7,13-15,17H,4-5,8-11H2/p+1/t13-,14-,15-/m0/s1. The van der Waals surface area contributed by atoms with Gasteiger partial charge in [-0.3, -0.25) is 0 Å². The van der Waals surface area contributed by atoms with Crippen LogP contribution in [-0.2, 0) is 16.1 Å². The number of carbonyl (C=O) groups excluding carboxylic acids is 1. The van der Waals surface area contributed by atoms with Gasteiger partial charge < -0.3 is 10.1 Å². The molecule has 1 saturated carbocycles. The molecule has 0 amide bonds. The van der Waals surface area contributed by atoms with Crippen molar-refractivity contribution in [3.63, 3.8) is 0 Å². The fourth-order valence-electron chi connectivity index (χ4n) is 3.50. The molecule has 1 aromatic rings. The molecular formula is C16H22NO2+. The Balaban J connectivity index is 1.51. The van der Waals surface area contributed by atoms with E-state index in [4.69, 9.17) is 4.74 Å². The predicted octanol–water partition coefficient (Wildman–Crippen LogP) is 1.62. The zero-order valence-corrected chi connectivity index (χ0v) is 11.3. The van der Waals surface area contributed by atoms with Crippen LogP contribution >= 0.6 is 0 Å². The van der Waals surface area contributed by atoms with Crippen molar-refractivity contribution in [1.82, 2.24) is 0 Å². The highest BCUT2D eigenvalue weighted by atomic mass is 16.5. The molecule has 1 aliphatic heterocycles. The largest absolute Gasteiger partial charge is 0.456 e. The molecule has 3 nitrogen and oxygen atoms in total. The molecule has 0 bridgehead atoms. The van der Waals surface area contributed by atoms with Gasteiger partial charge in [0.05, 0.1) is 6.04 Å². The number of esters is 1. The van der Waals surface area contributed by atoms with Crippen LogP contribution in [0, 0.1) is 5.92 Å². The van der Waals surface area contributed by atoms with Gasteiger partial charge in [0, 0.05) is 12.3 Å². The number of rotatable bonds is 3. The maximum Gasteiger partial charge on any atom is 0.365 e. The summed E-state index contributed by atoms with van der Waals surface area (Å²) in [6, 6.07) is 10.6. The second kappa shape index (κ2) is 5.74. The highest BCUT2D eigenvalue weighted by Crippen LogP contribution is 2.29. The topological polar surface area (TPSA) is 42.9 Å². The molecular weight excluding hydrogens is 238 g/mol. The summed E-state index contributed by atoms with van der Waals surface area (Å²) in [5, 5.41) is 2.26. The summed E-state index contributed by atoms with van der Waals surface area (Å²) in [7, 11) is 0. The van der Waals surface area contributed by atoms with Gasteiger partial charge in [-0.1, -0.05) is 36.8 Å². The lowest BCUT2D eigenvalue weighted by atomic mass is 9.85. The Bertz CT molecular complexity index is 418. The molecule has 0 unspecified atom stereocenters. The van der Waals surface area contributed by atoms with E-state index in [-0.39, 0.29) is 12.0 Å². The minimum absolute atomic E-state index is 0.0294. The summed E-state index contributed by atoms with van der Waals surface area (Å²) in [6.07, 6.45) is 6.24. The number of hydrogen-bond acceptors (Lipinski definition) is 2. The molecule has 2 fully saturated rings. The van der Waals surface area contributed by atoms with Gasteiger partial charge in [0.25, 0.3) is 0 Å². The van der Waals surface area contributed by atoms with Gasteiger partial charge in [-0.2, -0.15) is 0 Å². The van der Waals surface area contributed by atoms with Crippen molar-refractivity contribution in [2.75, 3.05) is 0 Å². The first-order valence-corrected chi connectivity index (χ1v) is 7.38. The molecule has 102 valence electrons. The minimum Gasteiger partial charge on any atom is -0.456 e. The molecule has 1 heterocycles. The normalized spacial score (nSPS) is 29.8. The maximum atomic E-state index is 12.1. The molecule has 3 heteroatoms. The van der Waals surface area contributed by atoms with E-state index in [0.29, 0.717) is 12.6 Å². The molecule has 0 spiro atoms. The van der Waals surface area contributed by atoms with E-state index in [0.717, 1.165) is 17.9 Å². The predicted molar refractivity (Wildman–Crippen MR) is 72.3 cm³/mol. The van der Waals surface area contributed by atoms with Crippen LogP contribution in [0.15, 0.2) is 30.3 Å². The molecule has 3 rings (SSSR count). The zero-order valence-electron chi connectivity index (χ0n) is 11.3. The van der Waals surface area contributed by atoms with E-state index in [1.807, 2.05) is 30.3 Å². The monoisotopic (exact) mass is 260 g/mol. The molecule has 3 atom stereocenters. The van der Waals surface area contributed by atoms with Gasteiger partial charge in [-0.15, -0.1) is 0 Å². The van der Waals surface area contributed by atoms with Crippen LogP contribution in [0.5, 0.6) is 0 Å². The van der Waals surface area contributed by atoms with Crippen LogP contribution in [0.1, 0.15) is 37.7 Å². The Morgan fingerprint density at radius 1 is 1.21 bits per heavy atom. The second-order valence-electron chi connectivity index (χ2n) is 5.84. The van der Waals surface area contributed by atoms with Crippen LogP contribution < -0.4 is 5.32 Å². The Morgan fingerprint density at radius 3 is 2.79 bits per heavy atom. The van der Waals surface area contributed by atoms with Crippen molar-refractivity contribution in [2.45, 2.75) is 50.8 Å². The SMILES string of the molecule is O=C(OCc1ccccc1)[C@@H]1C[C@@H]2CCCC[C@@H]2[NH2+]1. The van der Waals surface area contributed by atoms with E-state index < -0.39 is 0 Å². The fraction of sp³-hybridized carbons (Fsp3) is 0.562. The lowest BCUT2D eigenvalue weighted by Gasteiger charge is -2.20. The third-order valence-electron chi connectivity index (χ3n) is 4.53. The number of nitrogens with two attached hydrogens (primary N) is 1. The average molecular weight is 260 g/mol. The molecule has 1 saturated heterocycles. The molecule has 1 aromatic carbocycles. The van der Waals surface area contributed by atoms with Crippen molar-refractivity contribution >= 4 is 5.97 Å². The zero-order chi connectivity index (χ0) is 13.1. The van der Waals surface area contributed by atoms with E-state index in [1.165, 1.54) is 25.7 Å². The van der Waals surface area contributed by atoms with Gasteiger partial charge >= 0.3 is 5.97 Å². The van der Waals surface area contributed by atoms with Crippen molar-refractivity contribution in [3.8, 4) is 0 Å². The summed E-state index contributed by atoms with van der Waals surface area (Å²) in [5.41, 5.74) is 1.06. The quantitative estimate of drug-likeness (QED) is 0.839. The van der Waals surface area contributed by atoms with E-state index >= 15 is 0 Å². The first kappa shape index (κ1) is 12.7. The lowest BCUT2D eigenvalue weighted by molar-refractivity contribution is -0.695. The van der Waals surface area contributed by atoms with E-state index in [9.17, 15) is 4.79 Å². The summed E-state index contributed by atoms with van der Waals surface area (Å²) in [4.78, 5) is 12.1. The smallest absolute Gasteiger partial charge is 0.365 e. The third-order valence-corrected chi connectivity index (χ3v) is 4.53. The van der Waals surface area contributed by atoms with Crippen LogP contribution in [0.25, 0.3) is 0 Å². The Hall–Kier alpha value is -1.35. The van der Waals surface area contributed by atoms with E-state index in [1.54, 1.807) is 0 Å². The molecule has 0 aromatic heterocycles. The fourth-order valence-corrected chi connectivity index (χ4v) is 3.50. The van der Waals surface area contributed by atoms with Crippen molar-refractivity contribution in [2.24, 2.45) is 5.92 Å². The molecule has 1 aliphatic carbocycles. The second-order valence-corrected chi connectivity index (χ2v) is 5.84. The number of benzene rings is 1. The average Bonchev–Trinajstić information content (AvgIpc) is 2.90. The number of quaternary nitrogens is 1. The number of carbonyl (C=O) groups is 1. The summed E-state index contributed by atoms with van der Waals surface area (Å²) < 4.78 is 5.45. The van der Waals surface area contributed by atoms with Gasteiger partial charge in [0.15, 0.2) is 6.04 Å². The molecule has 2 N–H and O–H groups in total. The Morgan fingerprint density at radius 2 is 2.00 bits per heavy atom. The summed E-state index contributed by atoms with van der Waals surface area (Å²) in [5.74, 6) is 0.710. The minimum atomic E-state index is -0.0294. The highest BCUT2D eigenvalue weighted by molar-refractivity contribution is 5.74. The number of fused-ring (bicyclic) bond motifs is 1. The maximum absolute atomic E-state index is 12.1. The first-order valence-electron chi connectivity index (χ1n) is 7.38. The Kier molecular flexibility index (Phi) is 3.83. The molecule has 0 radical (unpaired) electrons. The summed E-state index contributed by atoms with van der Waals surface area (Å²) in [6.45, 7) is 0.402. The van der Waals surface area contributed by atoms with Crippen LogP contribution in [0.2, 0.25) is 0 Å². The number of ether oxygens (including phenoxy) is 1. The van der Waals surface area contributed by atoms with Gasteiger partial charge in [0.1, 0.15) is 6.61 Å². The van der Waals surface area contributed by atoms with Gasteiger partial charge in [-0.05, 0) is 24.8 Å². The molecule has 2 aliphatic rings. The van der Waals surface area contributed by atoms with Crippen molar-refractivity contribution in [1.29, 1.82) is 0 Å². The lowest BCUT2D eigenvalue weighted by Crippen LogP contribution is -2.93. The van der Waals surface area contributed by atoms with E-state index in [2.05, 4.69) is 5.32 Å². The van der Waals surface area contributed by atoms with Crippen molar-refractivity contribution in [3.05, 3.63) is 35.9 Å². The van der Waals surface area contributed by atoms with Crippen molar-refractivity contribution < 1.29 is 14.8 Å². The van der Waals surface area contributed by atoms with Crippen LogP contribution in [0.3, 0.4) is 0 Å².